The lowest BCUT2D eigenvalue weighted by Crippen LogP contribution is -2.47. The molecule has 1 N–H and O–H groups in total. The van der Waals surface area contributed by atoms with Crippen LogP contribution in [0.3, 0.4) is 0 Å². The van der Waals surface area contributed by atoms with Gasteiger partial charge in [-0.3, -0.25) is 9.10 Å². The van der Waals surface area contributed by atoms with Gasteiger partial charge < -0.3 is 5.32 Å². The maximum atomic E-state index is 13.3. The van der Waals surface area contributed by atoms with Crippen LogP contribution in [-0.2, 0) is 14.8 Å². The Hall–Kier alpha value is -2.12. The molecule has 5 nitrogen and oxygen atoms in total. The van der Waals surface area contributed by atoms with Gasteiger partial charge >= 0.3 is 0 Å². The monoisotopic (exact) mass is 412 g/mol. The molecule has 0 spiro atoms. The minimum atomic E-state index is -3.73. The van der Waals surface area contributed by atoms with E-state index in [-0.39, 0.29) is 11.4 Å². The van der Waals surface area contributed by atoms with Crippen LogP contribution in [0.5, 0.6) is 0 Å². The van der Waals surface area contributed by atoms with Crippen molar-refractivity contribution in [2.24, 2.45) is 0 Å². The molecule has 1 amide bonds. The molecular formula is C19H22ClFN2O3S. The normalized spacial score (nSPS) is 12.5. The van der Waals surface area contributed by atoms with Crippen molar-refractivity contribution in [1.82, 2.24) is 0 Å². The minimum Gasteiger partial charge on any atom is -0.324 e. The van der Waals surface area contributed by atoms with Crippen LogP contribution >= 0.6 is 11.6 Å². The number of carbonyl (C=O) groups is 1. The van der Waals surface area contributed by atoms with E-state index in [0.717, 1.165) is 27.8 Å². The summed E-state index contributed by atoms with van der Waals surface area (Å²) in [6, 6.07) is 8.18. The van der Waals surface area contributed by atoms with Gasteiger partial charge in [0.2, 0.25) is 15.9 Å². The summed E-state index contributed by atoms with van der Waals surface area (Å²) < 4.78 is 39.4. The highest BCUT2D eigenvalue weighted by atomic mass is 35.5. The Kier molecular flexibility index (Phi) is 6.49. The van der Waals surface area contributed by atoms with Crippen LogP contribution in [0.1, 0.15) is 24.5 Å². The van der Waals surface area contributed by atoms with Crippen LogP contribution in [0.4, 0.5) is 15.8 Å². The van der Waals surface area contributed by atoms with Crippen molar-refractivity contribution in [1.29, 1.82) is 0 Å². The third-order valence-electron chi connectivity index (χ3n) is 3.98. The van der Waals surface area contributed by atoms with E-state index in [1.807, 2.05) is 19.9 Å². The van der Waals surface area contributed by atoms with Crippen molar-refractivity contribution in [3.8, 4) is 0 Å². The molecule has 0 saturated heterocycles. The first-order chi connectivity index (χ1) is 12.5. The van der Waals surface area contributed by atoms with Crippen molar-refractivity contribution < 1.29 is 17.6 Å². The summed E-state index contributed by atoms with van der Waals surface area (Å²) >= 11 is 5.74. The molecule has 1 unspecified atom stereocenters. The van der Waals surface area contributed by atoms with E-state index in [2.05, 4.69) is 5.32 Å². The average molecular weight is 413 g/mol. The van der Waals surface area contributed by atoms with Gasteiger partial charge in [0.25, 0.3) is 0 Å². The molecule has 0 aliphatic rings. The number of amides is 1. The zero-order valence-corrected chi connectivity index (χ0v) is 17.2. The standard InChI is InChI=1S/C19H22ClFN2O3S/c1-5-18(19(24)22-14-6-7-17(21)16(20)11-14)23(27(4,25)26)15-9-12(2)8-13(3)10-15/h6-11,18H,5H2,1-4H3,(H,22,24). The average Bonchev–Trinajstić information content (AvgIpc) is 2.53. The number of hydrogen-bond donors (Lipinski definition) is 1. The number of rotatable bonds is 6. The summed E-state index contributed by atoms with van der Waals surface area (Å²) in [6.45, 7) is 5.44. The van der Waals surface area contributed by atoms with E-state index in [4.69, 9.17) is 11.6 Å². The topological polar surface area (TPSA) is 66.5 Å². The highest BCUT2D eigenvalue weighted by molar-refractivity contribution is 7.92. The molecule has 0 fully saturated rings. The largest absolute Gasteiger partial charge is 0.324 e. The Morgan fingerprint density at radius 3 is 2.26 bits per heavy atom. The number of benzene rings is 2. The third kappa shape index (κ3) is 5.20. The van der Waals surface area contributed by atoms with E-state index in [0.29, 0.717) is 11.4 Å². The number of anilines is 2. The molecule has 27 heavy (non-hydrogen) atoms. The third-order valence-corrected chi connectivity index (χ3v) is 5.45. The lowest BCUT2D eigenvalue weighted by molar-refractivity contribution is -0.117. The molecule has 8 heteroatoms. The molecule has 146 valence electrons. The van der Waals surface area contributed by atoms with Crippen molar-refractivity contribution in [3.63, 3.8) is 0 Å². The van der Waals surface area contributed by atoms with E-state index in [1.54, 1.807) is 19.1 Å². The number of aryl methyl sites for hydroxylation is 2. The molecule has 1 atom stereocenters. The predicted octanol–water partition coefficient (Wildman–Crippen LogP) is 4.28. The molecule has 2 rings (SSSR count). The van der Waals surface area contributed by atoms with Gasteiger partial charge in [-0.05, 0) is 61.7 Å². The van der Waals surface area contributed by atoms with Crippen molar-refractivity contribution in [3.05, 3.63) is 58.4 Å². The molecule has 0 saturated carbocycles. The number of carbonyl (C=O) groups excluding carboxylic acids is 1. The van der Waals surface area contributed by atoms with Crippen LogP contribution in [0, 0.1) is 19.7 Å². The fraction of sp³-hybridized carbons (Fsp3) is 0.316. The Morgan fingerprint density at radius 1 is 1.19 bits per heavy atom. The number of hydrogen-bond acceptors (Lipinski definition) is 3. The van der Waals surface area contributed by atoms with Crippen LogP contribution in [-0.4, -0.2) is 26.6 Å². The van der Waals surface area contributed by atoms with Crippen molar-refractivity contribution in [2.75, 3.05) is 15.9 Å². The Bertz CT molecular complexity index is 943. The molecule has 2 aromatic carbocycles. The quantitative estimate of drug-likeness (QED) is 0.770. The Balaban J connectivity index is 2.42. The predicted molar refractivity (Wildman–Crippen MR) is 107 cm³/mol. The summed E-state index contributed by atoms with van der Waals surface area (Å²) in [4.78, 5) is 12.8. The van der Waals surface area contributed by atoms with Gasteiger partial charge in [-0.15, -0.1) is 0 Å². The summed E-state index contributed by atoms with van der Waals surface area (Å²) in [7, 11) is -3.73. The van der Waals surface area contributed by atoms with Crippen LogP contribution in [0.25, 0.3) is 0 Å². The molecule has 0 aromatic heterocycles. The number of nitrogens with zero attached hydrogens (tertiary/aromatic N) is 1. The lowest BCUT2D eigenvalue weighted by atomic mass is 10.1. The fourth-order valence-corrected chi connectivity index (χ4v) is 4.31. The Labute approximate surface area is 164 Å². The van der Waals surface area contributed by atoms with Gasteiger partial charge in [0, 0.05) is 5.69 Å². The number of halogens is 2. The zero-order chi connectivity index (χ0) is 20.4. The summed E-state index contributed by atoms with van der Waals surface area (Å²) in [6.07, 6.45) is 1.32. The fourth-order valence-electron chi connectivity index (χ4n) is 2.94. The molecule has 2 aromatic rings. The van der Waals surface area contributed by atoms with Crippen LogP contribution in [0.15, 0.2) is 36.4 Å². The number of sulfonamides is 1. The second-order valence-corrected chi connectivity index (χ2v) is 8.71. The highest BCUT2D eigenvalue weighted by Crippen LogP contribution is 2.26. The van der Waals surface area contributed by atoms with Gasteiger partial charge in [-0.1, -0.05) is 24.6 Å². The zero-order valence-electron chi connectivity index (χ0n) is 15.6. The van der Waals surface area contributed by atoms with Gasteiger partial charge in [0.05, 0.1) is 17.0 Å². The van der Waals surface area contributed by atoms with E-state index >= 15 is 0 Å². The highest BCUT2D eigenvalue weighted by Gasteiger charge is 2.31. The number of nitrogens with one attached hydrogen (secondary N) is 1. The Morgan fingerprint density at radius 2 is 1.78 bits per heavy atom. The first kappa shape index (κ1) is 21.2. The molecule has 0 aliphatic carbocycles. The van der Waals surface area contributed by atoms with E-state index < -0.39 is 27.8 Å². The van der Waals surface area contributed by atoms with Gasteiger partial charge in [0.1, 0.15) is 11.9 Å². The maximum Gasteiger partial charge on any atom is 0.248 e. The van der Waals surface area contributed by atoms with Gasteiger partial charge in [-0.25, -0.2) is 12.8 Å². The van der Waals surface area contributed by atoms with Crippen LogP contribution < -0.4 is 9.62 Å². The van der Waals surface area contributed by atoms with Crippen LogP contribution in [0.2, 0.25) is 5.02 Å². The molecule has 0 aliphatic heterocycles. The smallest absolute Gasteiger partial charge is 0.248 e. The first-order valence-corrected chi connectivity index (χ1v) is 10.6. The maximum absolute atomic E-state index is 13.3. The molecular weight excluding hydrogens is 391 g/mol. The first-order valence-electron chi connectivity index (χ1n) is 8.36. The van der Waals surface area contributed by atoms with E-state index in [9.17, 15) is 17.6 Å². The SMILES string of the molecule is CCC(C(=O)Nc1ccc(F)c(Cl)c1)N(c1cc(C)cc(C)c1)S(C)(=O)=O. The lowest BCUT2D eigenvalue weighted by Gasteiger charge is -2.30. The molecule has 0 radical (unpaired) electrons. The second kappa shape index (κ2) is 8.27. The van der Waals surface area contributed by atoms with Crippen molar-refractivity contribution in [2.45, 2.75) is 33.2 Å². The summed E-state index contributed by atoms with van der Waals surface area (Å²) in [5.74, 6) is -1.13. The molecule has 0 bridgehead atoms. The second-order valence-electron chi connectivity index (χ2n) is 6.45. The van der Waals surface area contributed by atoms with Crippen molar-refractivity contribution >= 4 is 38.9 Å². The summed E-state index contributed by atoms with van der Waals surface area (Å²) in [5, 5.41) is 2.49. The van der Waals surface area contributed by atoms with Gasteiger partial charge in [0.15, 0.2) is 0 Å². The minimum absolute atomic E-state index is 0.130. The van der Waals surface area contributed by atoms with Gasteiger partial charge in [-0.2, -0.15) is 0 Å². The summed E-state index contributed by atoms with van der Waals surface area (Å²) in [5.41, 5.74) is 2.49. The van der Waals surface area contributed by atoms with E-state index in [1.165, 1.54) is 12.1 Å². The molecule has 0 heterocycles.